The molecule has 5 saturated heterocycles. The third-order valence-electron chi connectivity index (χ3n) is 6.44. The fourth-order valence-corrected chi connectivity index (χ4v) is 5.31. The molecule has 2 spiro atoms. The van der Waals surface area contributed by atoms with E-state index in [1.807, 2.05) is 18.2 Å². The molecule has 7 rings (SSSR count). The van der Waals surface area contributed by atoms with Gasteiger partial charge in [0.15, 0.2) is 0 Å². The van der Waals surface area contributed by atoms with Crippen LogP contribution in [-0.2, 0) is 35.0 Å². The zero-order chi connectivity index (χ0) is 16.5. The standard InChI is InChI=1S/C19H22O6/c1-2-5-12(6-3-1)11-20-13-14-18(7-4-9-21-18)16-19(8-10-22-19)15(13)24-17(23-14)25-16/h1-3,5-6,13-17H,4,7-11H2/t13-,14-,15-,16+,17+,18-,19+/m1/s1. The molecular weight excluding hydrogens is 324 g/mol. The van der Waals surface area contributed by atoms with Gasteiger partial charge in [-0.15, -0.1) is 0 Å². The van der Waals surface area contributed by atoms with Crippen molar-refractivity contribution in [3.8, 4) is 0 Å². The van der Waals surface area contributed by atoms with Gasteiger partial charge in [0.2, 0.25) is 0 Å². The van der Waals surface area contributed by atoms with Crippen LogP contribution < -0.4 is 0 Å². The number of rotatable bonds is 3. The Morgan fingerprint density at radius 1 is 0.920 bits per heavy atom. The molecule has 0 unspecified atom stereocenters. The van der Waals surface area contributed by atoms with Crippen LogP contribution in [0, 0.1) is 0 Å². The maximum absolute atomic E-state index is 6.36. The molecule has 25 heavy (non-hydrogen) atoms. The third-order valence-corrected chi connectivity index (χ3v) is 6.44. The van der Waals surface area contributed by atoms with Gasteiger partial charge in [-0.25, -0.2) is 0 Å². The molecule has 4 bridgehead atoms. The van der Waals surface area contributed by atoms with Crippen molar-refractivity contribution in [2.75, 3.05) is 13.2 Å². The number of hydrogen-bond donors (Lipinski definition) is 0. The molecule has 1 saturated carbocycles. The summed E-state index contributed by atoms with van der Waals surface area (Å²) >= 11 is 0. The van der Waals surface area contributed by atoms with Gasteiger partial charge in [-0.2, -0.15) is 0 Å². The number of benzene rings is 1. The predicted octanol–water partition coefficient (Wildman–Crippen LogP) is 1.76. The van der Waals surface area contributed by atoms with Gasteiger partial charge >= 0.3 is 0 Å². The second-order valence-corrected chi connectivity index (χ2v) is 7.64. The first-order valence-electron chi connectivity index (χ1n) is 9.22. The molecule has 0 amide bonds. The van der Waals surface area contributed by atoms with E-state index >= 15 is 0 Å². The van der Waals surface area contributed by atoms with Crippen LogP contribution in [0.5, 0.6) is 0 Å². The first-order valence-corrected chi connectivity index (χ1v) is 9.22. The summed E-state index contributed by atoms with van der Waals surface area (Å²) in [5, 5.41) is 0. The van der Waals surface area contributed by atoms with Gasteiger partial charge in [0.1, 0.15) is 35.6 Å². The van der Waals surface area contributed by atoms with Crippen molar-refractivity contribution >= 4 is 0 Å². The molecule has 0 N–H and O–H groups in total. The SMILES string of the molecule is c1ccc(CO[C@@H]2[C@H]3O[C@@H]4O[C@@H]([C@@]35CCCO5)[C@]3(CCO3)[C@@H]2O4)cc1. The van der Waals surface area contributed by atoms with Crippen molar-refractivity contribution in [2.45, 2.75) is 68.0 Å². The maximum atomic E-state index is 6.36. The highest BCUT2D eigenvalue weighted by Gasteiger charge is 2.78. The van der Waals surface area contributed by atoms with Gasteiger partial charge in [-0.1, -0.05) is 30.3 Å². The predicted molar refractivity (Wildman–Crippen MR) is 84.6 cm³/mol. The van der Waals surface area contributed by atoms with E-state index in [0.29, 0.717) is 6.61 Å². The lowest BCUT2D eigenvalue weighted by Gasteiger charge is -2.69. The van der Waals surface area contributed by atoms with Crippen molar-refractivity contribution < 1.29 is 28.4 Å². The van der Waals surface area contributed by atoms with E-state index in [9.17, 15) is 0 Å². The van der Waals surface area contributed by atoms with E-state index < -0.39 is 17.7 Å². The summed E-state index contributed by atoms with van der Waals surface area (Å²) in [6, 6.07) is 10.2. The molecule has 5 heterocycles. The molecular formula is C19H22O6. The minimum absolute atomic E-state index is 0.129. The van der Waals surface area contributed by atoms with Crippen LogP contribution in [0.25, 0.3) is 0 Å². The van der Waals surface area contributed by atoms with Gasteiger partial charge in [-0.3, -0.25) is 0 Å². The van der Waals surface area contributed by atoms with Crippen molar-refractivity contribution in [1.29, 1.82) is 0 Å². The summed E-state index contributed by atoms with van der Waals surface area (Å²) in [5.74, 6) is 0. The summed E-state index contributed by atoms with van der Waals surface area (Å²) in [7, 11) is 0. The molecule has 134 valence electrons. The Morgan fingerprint density at radius 2 is 1.64 bits per heavy atom. The lowest BCUT2D eigenvalue weighted by atomic mass is 9.62. The summed E-state index contributed by atoms with van der Waals surface area (Å²) in [5.41, 5.74) is 0.207. The average molecular weight is 346 g/mol. The van der Waals surface area contributed by atoms with Gasteiger partial charge in [-0.05, 0) is 18.4 Å². The van der Waals surface area contributed by atoms with E-state index in [-0.39, 0.29) is 24.4 Å². The number of ether oxygens (including phenoxy) is 6. The number of hydrogen-bond acceptors (Lipinski definition) is 6. The summed E-state index contributed by atoms with van der Waals surface area (Å²) in [6.45, 7) is 1.36. The summed E-state index contributed by atoms with van der Waals surface area (Å²) in [6.07, 6.45) is 2.16. The highest BCUT2D eigenvalue weighted by molar-refractivity contribution is 5.24. The fourth-order valence-electron chi connectivity index (χ4n) is 5.31. The smallest absolute Gasteiger partial charge is 0.273 e. The van der Waals surface area contributed by atoms with E-state index in [0.717, 1.165) is 38.0 Å². The minimum atomic E-state index is -0.624. The van der Waals surface area contributed by atoms with Crippen LogP contribution in [0.2, 0.25) is 0 Å². The van der Waals surface area contributed by atoms with Gasteiger partial charge in [0.05, 0.1) is 13.2 Å². The third kappa shape index (κ3) is 1.90. The van der Waals surface area contributed by atoms with Crippen LogP contribution in [0.4, 0.5) is 0 Å². The second-order valence-electron chi connectivity index (χ2n) is 7.64. The molecule has 6 heteroatoms. The van der Waals surface area contributed by atoms with Gasteiger partial charge in [0.25, 0.3) is 6.48 Å². The molecule has 1 aromatic rings. The second kappa shape index (κ2) is 5.25. The highest BCUT2D eigenvalue weighted by atomic mass is 16.9. The molecule has 6 nitrogen and oxygen atoms in total. The minimum Gasteiger partial charge on any atom is -0.369 e. The normalized spacial score (nSPS) is 49.8. The van der Waals surface area contributed by atoms with Crippen LogP contribution in [-0.4, -0.2) is 55.3 Å². The van der Waals surface area contributed by atoms with E-state index in [1.54, 1.807) is 0 Å². The molecule has 6 aliphatic rings. The first-order chi connectivity index (χ1) is 12.3. The van der Waals surface area contributed by atoms with Crippen molar-refractivity contribution in [3.63, 3.8) is 0 Å². The average Bonchev–Trinajstić information content (AvgIpc) is 3.09. The maximum Gasteiger partial charge on any atom is 0.273 e. The summed E-state index contributed by atoms with van der Waals surface area (Å²) < 4.78 is 36.9. The molecule has 0 radical (unpaired) electrons. The van der Waals surface area contributed by atoms with Crippen molar-refractivity contribution in [3.05, 3.63) is 35.9 Å². The van der Waals surface area contributed by atoms with Crippen LogP contribution in [0.15, 0.2) is 30.3 Å². The van der Waals surface area contributed by atoms with Crippen LogP contribution in [0.1, 0.15) is 24.8 Å². The lowest BCUT2D eigenvalue weighted by molar-refractivity contribution is -0.535. The Balaban J connectivity index is 1.35. The van der Waals surface area contributed by atoms with Crippen molar-refractivity contribution in [2.24, 2.45) is 0 Å². The largest absolute Gasteiger partial charge is 0.369 e. The topological polar surface area (TPSA) is 55.4 Å². The Kier molecular flexibility index (Phi) is 3.17. The zero-order valence-corrected chi connectivity index (χ0v) is 14.0. The van der Waals surface area contributed by atoms with E-state index in [2.05, 4.69) is 12.1 Å². The molecule has 0 aromatic heterocycles. The van der Waals surface area contributed by atoms with Gasteiger partial charge < -0.3 is 28.4 Å². The van der Waals surface area contributed by atoms with Crippen LogP contribution >= 0.6 is 0 Å². The Bertz CT molecular complexity index is 653. The monoisotopic (exact) mass is 346 g/mol. The van der Waals surface area contributed by atoms with Gasteiger partial charge in [0, 0.05) is 13.0 Å². The summed E-state index contributed by atoms with van der Waals surface area (Å²) in [4.78, 5) is 0. The quantitative estimate of drug-likeness (QED) is 0.831. The highest BCUT2D eigenvalue weighted by Crippen LogP contribution is 2.59. The zero-order valence-electron chi connectivity index (χ0n) is 14.0. The molecule has 7 atom stereocenters. The molecule has 5 aliphatic heterocycles. The molecule has 1 aromatic carbocycles. The Morgan fingerprint density at radius 3 is 2.28 bits per heavy atom. The van der Waals surface area contributed by atoms with E-state index in [1.165, 1.54) is 0 Å². The Labute approximate surface area is 146 Å². The molecule has 1 aliphatic carbocycles. The molecule has 6 fully saturated rings. The Hall–Kier alpha value is -1.02. The van der Waals surface area contributed by atoms with Crippen LogP contribution in [0.3, 0.4) is 0 Å². The lowest BCUT2D eigenvalue weighted by Crippen LogP contribution is -2.87. The fraction of sp³-hybridized carbons (Fsp3) is 0.684. The first kappa shape index (κ1) is 15.1. The van der Waals surface area contributed by atoms with E-state index in [4.69, 9.17) is 28.4 Å². The van der Waals surface area contributed by atoms with Crippen molar-refractivity contribution in [1.82, 2.24) is 0 Å².